The molecule has 0 radical (unpaired) electrons. The maximum Gasteiger partial charge on any atom is 0.133 e. The number of halogens is 1. The highest BCUT2D eigenvalue weighted by molar-refractivity contribution is 7.05. The summed E-state index contributed by atoms with van der Waals surface area (Å²) in [6.07, 6.45) is -0.383. The van der Waals surface area contributed by atoms with E-state index in [9.17, 15) is 9.50 Å². The number of hydrogen-bond donors (Lipinski definition) is 1. The molecule has 1 aromatic carbocycles. The van der Waals surface area contributed by atoms with Crippen LogP contribution in [-0.4, -0.2) is 21.8 Å². The van der Waals surface area contributed by atoms with Crippen molar-refractivity contribution in [3.8, 4) is 5.75 Å². The predicted molar refractivity (Wildman–Crippen MR) is 66.3 cm³/mol. The van der Waals surface area contributed by atoms with Gasteiger partial charge in [-0.05, 0) is 30.1 Å². The molecule has 0 amide bonds. The Bertz CT molecular complexity index is 545. The van der Waals surface area contributed by atoms with Crippen LogP contribution >= 0.6 is 11.5 Å². The largest absolute Gasteiger partial charge is 0.497 e. The molecule has 1 N–H and O–H groups in total. The minimum atomic E-state index is -1.04. The number of ether oxygens (including phenoxy) is 1. The third-order valence-electron chi connectivity index (χ3n) is 2.67. The summed E-state index contributed by atoms with van der Waals surface area (Å²) in [7, 11) is 1.47. The number of aryl methyl sites for hydroxylation is 1. The lowest BCUT2D eigenvalue weighted by molar-refractivity contribution is 0.217. The van der Waals surface area contributed by atoms with Crippen molar-refractivity contribution >= 4 is 11.5 Å². The first-order valence-corrected chi connectivity index (χ1v) is 6.27. The number of aromatic nitrogens is 2. The molecule has 1 unspecified atom stereocenters. The Morgan fingerprint density at radius 3 is 2.89 bits per heavy atom. The molecule has 0 saturated heterocycles. The zero-order valence-electron chi connectivity index (χ0n) is 10.1. The Labute approximate surface area is 108 Å². The quantitative estimate of drug-likeness (QED) is 0.924. The van der Waals surface area contributed by atoms with Crippen LogP contribution in [-0.2, 0) is 6.42 Å². The summed E-state index contributed by atoms with van der Waals surface area (Å²) in [6.45, 7) is 1.91. The summed E-state index contributed by atoms with van der Waals surface area (Å²) in [6, 6.07) is 4.37. The van der Waals surface area contributed by atoms with Gasteiger partial charge in [-0.25, -0.2) is 4.39 Å². The molecular formula is C12H13FN2O2S. The first-order chi connectivity index (χ1) is 8.67. The van der Waals surface area contributed by atoms with Gasteiger partial charge in [-0.2, -0.15) is 0 Å². The first kappa shape index (κ1) is 12.9. The number of hydrogen-bond acceptors (Lipinski definition) is 5. The van der Waals surface area contributed by atoms with Crippen LogP contribution in [0.5, 0.6) is 5.75 Å². The second kappa shape index (κ2) is 5.41. The van der Waals surface area contributed by atoms with Gasteiger partial charge >= 0.3 is 0 Å². The molecule has 0 spiro atoms. The average Bonchev–Trinajstić information content (AvgIpc) is 2.86. The number of rotatable bonds is 4. The van der Waals surface area contributed by atoms with Crippen molar-refractivity contribution in [2.75, 3.05) is 7.11 Å². The second-order valence-corrected chi connectivity index (χ2v) is 4.51. The first-order valence-electron chi connectivity index (χ1n) is 5.50. The third kappa shape index (κ3) is 2.34. The molecule has 0 aliphatic carbocycles. The molecule has 6 heteroatoms. The van der Waals surface area contributed by atoms with E-state index in [1.54, 1.807) is 6.07 Å². The van der Waals surface area contributed by atoms with E-state index in [-0.39, 0.29) is 5.56 Å². The Morgan fingerprint density at radius 2 is 2.28 bits per heavy atom. The van der Waals surface area contributed by atoms with Crippen LogP contribution in [0.4, 0.5) is 4.39 Å². The van der Waals surface area contributed by atoms with Crippen molar-refractivity contribution in [1.29, 1.82) is 0 Å². The van der Waals surface area contributed by atoms with Crippen molar-refractivity contribution in [3.05, 3.63) is 40.2 Å². The zero-order chi connectivity index (χ0) is 13.1. The minimum absolute atomic E-state index is 0.205. The summed E-state index contributed by atoms with van der Waals surface area (Å²) >= 11 is 1.09. The molecule has 1 atom stereocenters. The highest BCUT2D eigenvalue weighted by Crippen LogP contribution is 2.30. The maximum atomic E-state index is 13.8. The van der Waals surface area contributed by atoms with E-state index in [4.69, 9.17) is 4.74 Å². The van der Waals surface area contributed by atoms with Gasteiger partial charge in [0.2, 0.25) is 0 Å². The summed E-state index contributed by atoms with van der Waals surface area (Å²) in [5, 5.41) is 14.1. The fourth-order valence-corrected chi connectivity index (χ4v) is 2.41. The predicted octanol–water partition coefficient (Wildman–Crippen LogP) is 2.33. The van der Waals surface area contributed by atoms with Gasteiger partial charge in [-0.3, -0.25) is 0 Å². The molecule has 0 saturated carbocycles. The Balaban J connectivity index is 2.37. The van der Waals surface area contributed by atoms with Crippen molar-refractivity contribution in [2.24, 2.45) is 0 Å². The van der Waals surface area contributed by atoms with E-state index in [1.165, 1.54) is 19.2 Å². The van der Waals surface area contributed by atoms with E-state index in [0.29, 0.717) is 22.7 Å². The van der Waals surface area contributed by atoms with E-state index in [1.807, 2.05) is 6.92 Å². The SMILES string of the molecule is CCc1nnsc1C(O)c1ccc(OC)cc1F. The summed E-state index contributed by atoms with van der Waals surface area (Å²) in [4.78, 5) is 0.585. The van der Waals surface area contributed by atoms with Gasteiger partial charge in [0.15, 0.2) is 0 Å². The molecule has 0 bridgehead atoms. The van der Waals surface area contributed by atoms with E-state index >= 15 is 0 Å². The number of nitrogens with zero attached hydrogens (tertiary/aromatic N) is 2. The summed E-state index contributed by atoms with van der Waals surface area (Å²) in [5.74, 6) is -0.0844. The van der Waals surface area contributed by atoms with Gasteiger partial charge in [0.25, 0.3) is 0 Å². The second-order valence-electron chi connectivity index (χ2n) is 3.73. The maximum absolute atomic E-state index is 13.8. The molecule has 0 aliphatic rings. The fourth-order valence-electron chi connectivity index (χ4n) is 1.67. The van der Waals surface area contributed by atoms with Crippen LogP contribution in [0.25, 0.3) is 0 Å². The van der Waals surface area contributed by atoms with Crippen LogP contribution in [0.2, 0.25) is 0 Å². The van der Waals surface area contributed by atoms with Gasteiger partial charge in [-0.1, -0.05) is 11.4 Å². The van der Waals surface area contributed by atoms with Gasteiger partial charge in [0, 0.05) is 11.6 Å². The van der Waals surface area contributed by atoms with Crippen LogP contribution in [0.3, 0.4) is 0 Å². The molecule has 96 valence electrons. The van der Waals surface area contributed by atoms with Gasteiger partial charge in [-0.15, -0.1) is 5.10 Å². The van der Waals surface area contributed by atoms with E-state index < -0.39 is 11.9 Å². The van der Waals surface area contributed by atoms with E-state index in [0.717, 1.165) is 11.5 Å². The summed E-state index contributed by atoms with van der Waals surface area (Å²) in [5.41, 5.74) is 0.902. The number of aliphatic hydroxyl groups excluding tert-OH is 1. The number of aliphatic hydroxyl groups is 1. The monoisotopic (exact) mass is 268 g/mol. The van der Waals surface area contributed by atoms with Crippen LogP contribution in [0.1, 0.15) is 29.2 Å². The normalized spacial score (nSPS) is 12.4. The fraction of sp³-hybridized carbons (Fsp3) is 0.333. The smallest absolute Gasteiger partial charge is 0.133 e. The number of methoxy groups -OCH3 is 1. The molecule has 4 nitrogen and oxygen atoms in total. The zero-order valence-corrected chi connectivity index (χ0v) is 10.9. The van der Waals surface area contributed by atoms with Gasteiger partial charge < -0.3 is 9.84 Å². The average molecular weight is 268 g/mol. The van der Waals surface area contributed by atoms with Crippen LogP contribution < -0.4 is 4.74 Å². The Morgan fingerprint density at radius 1 is 1.50 bits per heavy atom. The lowest BCUT2D eigenvalue weighted by Crippen LogP contribution is -2.03. The Kier molecular flexibility index (Phi) is 3.88. The van der Waals surface area contributed by atoms with Gasteiger partial charge in [0.1, 0.15) is 17.7 Å². The minimum Gasteiger partial charge on any atom is -0.497 e. The van der Waals surface area contributed by atoms with Crippen molar-refractivity contribution in [1.82, 2.24) is 9.59 Å². The molecule has 1 aromatic heterocycles. The molecule has 18 heavy (non-hydrogen) atoms. The van der Waals surface area contributed by atoms with Crippen molar-refractivity contribution in [3.63, 3.8) is 0 Å². The topological polar surface area (TPSA) is 55.2 Å². The number of benzene rings is 1. The molecule has 1 heterocycles. The van der Waals surface area contributed by atoms with Crippen molar-refractivity contribution in [2.45, 2.75) is 19.4 Å². The highest BCUT2D eigenvalue weighted by atomic mass is 32.1. The molecule has 2 rings (SSSR count). The molecule has 0 fully saturated rings. The molecule has 0 aliphatic heterocycles. The lowest BCUT2D eigenvalue weighted by atomic mass is 10.1. The highest BCUT2D eigenvalue weighted by Gasteiger charge is 2.21. The molecular weight excluding hydrogens is 255 g/mol. The standard InChI is InChI=1S/C12H13FN2O2S/c1-3-10-12(18-15-14-10)11(16)8-5-4-7(17-2)6-9(8)13/h4-6,11,16H,3H2,1-2H3. The van der Waals surface area contributed by atoms with Crippen LogP contribution in [0, 0.1) is 5.82 Å². The van der Waals surface area contributed by atoms with E-state index in [2.05, 4.69) is 9.59 Å². The molecule has 2 aromatic rings. The van der Waals surface area contributed by atoms with Gasteiger partial charge in [0.05, 0.1) is 17.7 Å². The summed E-state index contributed by atoms with van der Waals surface area (Å²) < 4.78 is 22.5. The third-order valence-corrected chi connectivity index (χ3v) is 3.49. The van der Waals surface area contributed by atoms with Crippen LogP contribution in [0.15, 0.2) is 18.2 Å². The Hall–Kier alpha value is -1.53. The lowest BCUT2D eigenvalue weighted by Gasteiger charge is -2.11. The van der Waals surface area contributed by atoms with Crippen molar-refractivity contribution < 1.29 is 14.2 Å².